The van der Waals surface area contributed by atoms with Crippen LogP contribution in [0.4, 0.5) is 0 Å². The Balaban J connectivity index is 0.00000312. The summed E-state index contributed by atoms with van der Waals surface area (Å²) in [7, 11) is 0. The molecule has 6 heteroatoms. The molecule has 1 aromatic rings. The molecule has 1 saturated heterocycles. The maximum absolute atomic E-state index is 11.9. The Bertz CT molecular complexity index is 554. The SMILES string of the molecule is Cc1ccc(CCC(=O)NCC(=O)NCC2(C)CCNCC2)cc1.Cl. The average Bonchev–Trinajstić information content (AvgIpc) is 2.58. The Morgan fingerprint density at radius 3 is 2.36 bits per heavy atom. The molecule has 1 aliphatic rings. The summed E-state index contributed by atoms with van der Waals surface area (Å²) in [5.41, 5.74) is 2.51. The lowest BCUT2D eigenvalue weighted by Crippen LogP contribution is -2.45. The molecule has 0 saturated carbocycles. The quantitative estimate of drug-likeness (QED) is 0.690. The van der Waals surface area contributed by atoms with Crippen molar-refractivity contribution in [2.75, 3.05) is 26.2 Å². The van der Waals surface area contributed by atoms with Crippen LogP contribution >= 0.6 is 12.4 Å². The smallest absolute Gasteiger partial charge is 0.239 e. The first-order chi connectivity index (χ1) is 11.5. The number of nitrogens with one attached hydrogen (secondary N) is 3. The van der Waals surface area contributed by atoms with Crippen LogP contribution < -0.4 is 16.0 Å². The third-order valence-electron chi connectivity index (χ3n) is 4.73. The highest BCUT2D eigenvalue weighted by atomic mass is 35.5. The highest BCUT2D eigenvalue weighted by molar-refractivity contribution is 5.85. The van der Waals surface area contributed by atoms with Gasteiger partial charge in [0, 0.05) is 13.0 Å². The molecule has 0 bridgehead atoms. The fourth-order valence-electron chi connectivity index (χ4n) is 2.86. The topological polar surface area (TPSA) is 70.2 Å². The van der Waals surface area contributed by atoms with Gasteiger partial charge < -0.3 is 16.0 Å². The van der Waals surface area contributed by atoms with Crippen molar-refractivity contribution in [1.29, 1.82) is 0 Å². The first-order valence-corrected chi connectivity index (χ1v) is 8.77. The van der Waals surface area contributed by atoms with Gasteiger partial charge in [0.1, 0.15) is 0 Å². The van der Waals surface area contributed by atoms with E-state index in [1.54, 1.807) is 0 Å². The number of carbonyl (C=O) groups is 2. The molecule has 0 unspecified atom stereocenters. The van der Waals surface area contributed by atoms with Crippen molar-refractivity contribution in [2.24, 2.45) is 5.41 Å². The minimum atomic E-state index is -0.113. The summed E-state index contributed by atoms with van der Waals surface area (Å²) in [5, 5.41) is 8.98. The van der Waals surface area contributed by atoms with Gasteiger partial charge in [0.05, 0.1) is 6.54 Å². The Kier molecular flexibility index (Phi) is 8.93. The van der Waals surface area contributed by atoms with E-state index in [1.165, 1.54) is 5.56 Å². The molecule has 0 spiro atoms. The van der Waals surface area contributed by atoms with Crippen LogP contribution in [0.1, 0.15) is 37.3 Å². The van der Waals surface area contributed by atoms with E-state index in [1.807, 2.05) is 31.2 Å². The zero-order chi connectivity index (χ0) is 17.4. The van der Waals surface area contributed by atoms with Crippen LogP contribution in [0.3, 0.4) is 0 Å². The Labute approximate surface area is 156 Å². The maximum Gasteiger partial charge on any atom is 0.239 e. The monoisotopic (exact) mass is 367 g/mol. The second kappa shape index (κ2) is 10.4. The lowest BCUT2D eigenvalue weighted by molar-refractivity contribution is -0.126. The van der Waals surface area contributed by atoms with E-state index in [0.29, 0.717) is 19.4 Å². The van der Waals surface area contributed by atoms with E-state index in [-0.39, 0.29) is 36.2 Å². The van der Waals surface area contributed by atoms with Crippen molar-refractivity contribution in [2.45, 2.75) is 39.5 Å². The van der Waals surface area contributed by atoms with Gasteiger partial charge in [0.25, 0.3) is 0 Å². The Morgan fingerprint density at radius 2 is 1.72 bits per heavy atom. The van der Waals surface area contributed by atoms with Crippen molar-refractivity contribution in [3.63, 3.8) is 0 Å². The summed E-state index contributed by atoms with van der Waals surface area (Å²) in [6.07, 6.45) is 3.23. The standard InChI is InChI=1S/C19H29N3O2.ClH/c1-15-3-5-16(6-4-15)7-8-17(23)21-13-18(24)22-14-19(2)9-11-20-12-10-19;/h3-6,20H,7-14H2,1-2H3,(H,21,23)(H,22,24);1H. The molecule has 5 nitrogen and oxygen atoms in total. The number of piperidine rings is 1. The summed E-state index contributed by atoms with van der Waals surface area (Å²) in [6.45, 7) is 6.98. The van der Waals surface area contributed by atoms with E-state index >= 15 is 0 Å². The van der Waals surface area contributed by atoms with E-state index in [4.69, 9.17) is 0 Å². The largest absolute Gasteiger partial charge is 0.354 e. The van der Waals surface area contributed by atoms with E-state index in [9.17, 15) is 9.59 Å². The number of rotatable bonds is 7. The fraction of sp³-hybridized carbons (Fsp3) is 0.579. The van der Waals surface area contributed by atoms with E-state index in [0.717, 1.165) is 31.5 Å². The number of aryl methyl sites for hydroxylation is 2. The third-order valence-corrected chi connectivity index (χ3v) is 4.73. The molecule has 3 N–H and O–H groups in total. The van der Waals surface area contributed by atoms with Crippen LogP contribution in [0, 0.1) is 12.3 Å². The zero-order valence-electron chi connectivity index (χ0n) is 15.2. The highest BCUT2D eigenvalue weighted by Crippen LogP contribution is 2.26. The summed E-state index contributed by atoms with van der Waals surface area (Å²) in [6, 6.07) is 8.16. The van der Waals surface area contributed by atoms with E-state index in [2.05, 4.69) is 22.9 Å². The predicted octanol–water partition coefficient (Wildman–Crippen LogP) is 1.97. The van der Waals surface area contributed by atoms with Crippen LogP contribution in [-0.4, -0.2) is 38.0 Å². The molecule has 1 heterocycles. The fourth-order valence-corrected chi connectivity index (χ4v) is 2.86. The lowest BCUT2D eigenvalue weighted by atomic mass is 9.81. The van der Waals surface area contributed by atoms with Gasteiger partial charge in [-0.1, -0.05) is 36.8 Å². The van der Waals surface area contributed by atoms with Crippen LogP contribution in [0.15, 0.2) is 24.3 Å². The first-order valence-electron chi connectivity index (χ1n) is 8.77. The molecule has 0 aromatic heterocycles. The van der Waals surface area contributed by atoms with E-state index < -0.39 is 0 Å². The molecule has 1 aromatic carbocycles. The van der Waals surface area contributed by atoms with Crippen molar-refractivity contribution >= 4 is 24.2 Å². The summed E-state index contributed by atoms with van der Waals surface area (Å²) >= 11 is 0. The highest BCUT2D eigenvalue weighted by Gasteiger charge is 2.26. The number of amides is 2. The van der Waals surface area contributed by atoms with Gasteiger partial charge >= 0.3 is 0 Å². The van der Waals surface area contributed by atoms with Crippen LogP contribution in [0.25, 0.3) is 0 Å². The summed E-state index contributed by atoms with van der Waals surface area (Å²) in [4.78, 5) is 23.8. The van der Waals surface area contributed by atoms with Gasteiger partial charge in [-0.3, -0.25) is 9.59 Å². The predicted molar refractivity (Wildman–Crippen MR) is 103 cm³/mol. The molecule has 1 fully saturated rings. The second-order valence-corrected chi connectivity index (χ2v) is 7.10. The lowest BCUT2D eigenvalue weighted by Gasteiger charge is -2.34. The van der Waals surface area contributed by atoms with Crippen LogP contribution in [0.5, 0.6) is 0 Å². The molecule has 1 aliphatic heterocycles. The maximum atomic E-state index is 11.9. The molecule has 140 valence electrons. The molecular weight excluding hydrogens is 338 g/mol. The Morgan fingerprint density at radius 1 is 1.08 bits per heavy atom. The number of hydrogen-bond acceptors (Lipinski definition) is 3. The molecule has 0 radical (unpaired) electrons. The second-order valence-electron chi connectivity index (χ2n) is 7.10. The molecule has 0 aliphatic carbocycles. The van der Waals surface area contributed by atoms with Gasteiger partial charge in [-0.15, -0.1) is 12.4 Å². The normalized spacial score (nSPS) is 15.8. The number of halogens is 1. The molecule has 25 heavy (non-hydrogen) atoms. The summed E-state index contributed by atoms with van der Waals surface area (Å²) in [5.74, 6) is -0.197. The minimum absolute atomic E-state index is 0. The van der Waals surface area contributed by atoms with Crippen molar-refractivity contribution < 1.29 is 9.59 Å². The van der Waals surface area contributed by atoms with Gasteiger partial charge in [0.2, 0.25) is 11.8 Å². The molecule has 2 amide bonds. The molecular formula is C19H30ClN3O2. The van der Waals surface area contributed by atoms with Gasteiger partial charge in [-0.05, 0) is 50.3 Å². The Hall–Kier alpha value is -1.59. The van der Waals surface area contributed by atoms with Gasteiger partial charge in [-0.25, -0.2) is 0 Å². The average molecular weight is 368 g/mol. The zero-order valence-corrected chi connectivity index (χ0v) is 16.0. The van der Waals surface area contributed by atoms with Crippen molar-refractivity contribution in [3.8, 4) is 0 Å². The van der Waals surface area contributed by atoms with Gasteiger partial charge in [0.15, 0.2) is 0 Å². The first kappa shape index (κ1) is 21.5. The van der Waals surface area contributed by atoms with Crippen molar-refractivity contribution in [3.05, 3.63) is 35.4 Å². The number of carbonyl (C=O) groups excluding carboxylic acids is 2. The van der Waals surface area contributed by atoms with Crippen molar-refractivity contribution in [1.82, 2.24) is 16.0 Å². The molecule has 2 rings (SSSR count). The van der Waals surface area contributed by atoms with Gasteiger partial charge in [-0.2, -0.15) is 0 Å². The number of hydrogen-bond donors (Lipinski definition) is 3. The molecule has 0 atom stereocenters. The summed E-state index contributed by atoms with van der Waals surface area (Å²) < 4.78 is 0. The third kappa shape index (κ3) is 7.88. The number of benzene rings is 1. The minimum Gasteiger partial charge on any atom is -0.354 e. The van der Waals surface area contributed by atoms with Crippen LogP contribution in [-0.2, 0) is 16.0 Å². The van der Waals surface area contributed by atoms with Crippen LogP contribution in [0.2, 0.25) is 0 Å².